The highest BCUT2D eigenvalue weighted by molar-refractivity contribution is 5.27. The molecule has 0 bridgehead atoms. The van der Waals surface area contributed by atoms with Crippen molar-refractivity contribution in [3.63, 3.8) is 0 Å². The molecule has 0 aliphatic rings. The van der Waals surface area contributed by atoms with Crippen molar-refractivity contribution in [2.75, 3.05) is 6.61 Å². The molecule has 3 heteroatoms. The molecule has 3 N–H and O–H groups in total. The molecule has 1 unspecified atom stereocenters. The van der Waals surface area contributed by atoms with Gasteiger partial charge in [-0.2, -0.15) is 0 Å². The Morgan fingerprint density at radius 1 is 1.54 bits per heavy atom. The molecule has 1 rings (SSSR count). The van der Waals surface area contributed by atoms with Crippen molar-refractivity contribution in [3.05, 3.63) is 29.8 Å². The fourth-order valence-electron chi connectivity index (χ4n) is 0.961. The lowest BCUT2D eigenvalue weighted by atomic mass is 10.2. The number of rotatable bonds is 4. The summed E-state index contributed by atoms with van der Waals surface area (Å²) in [5, 5.41) is 8.86. The summed E-state index contributed by atoms with van der Waals surface area (Å²) in [4.78, 5) is 0. The fraction of sp³-hybridized carbons (Fsp3) is 0.400. The van der Waals surface area contributed by atoms with E-state index in [1.165, 1.54) is 0 Å². The third-order valence-electron chi connectivity index (χ3n) is 1.59. The van der Waals surface area contributed by atoms with Crippen LogP contribution in [0.5, 0.6) is 5.75 Å². The Kier molecular flexibility index (Phi) is 3.73. The smallest absolute Gasteiger partial charge is 0.119 e. The fourth-order valence-corrected chi connectivity index (χ4v) is 0.961. The van der Waals surface area contributed by atoms with E-state index in [-0.39, 0.29) is 12.6 Å². The molecule has 1 aromatic carbocycles. The van der Waals surface area contributed by atoms with Gasteiger partial charge < -0.3 is 15.6 Å². The largest absolute Gasteiger partial charge is 0.492 e. The Bertz CT molecular complexity index is 261. The van der Waals surface area contributed by atoms with E-state index in [2.05, 4.69) is 0 Å². The SMILES string of the molecule is CC(N)COc1cccc(CO)c1. The van der Waals surface area contributed by atoms with E-state index in [1.807, 2.05) is 31.2 Å². The standard InChI is InChI=1S/C10H15NO2/c1-8(11)7-13-10-4-2-3-9(5-10)6-12/h2-5,8,12H,6-7,11H2,1H3. The zero-order valence-electron chi connectivity index (χ0n) is 7.73. The van der Waals surface area contributed by atoms with Crippen LogP contribution in [0.4, 0.5) is 0 Å². The normalized spacial score (nSPS) is 12.5. The molecular formula is C10H15NO2. The monoisotopic (exact) mass is 181 g/mol. The molecule has 0 saturated heterocycles. The molecule has 0 aliphatic carbocycles. The number of ether oxygens (including phenoxy) is 1. The summed E-state index contributed by atoms with van der Waals surface area (Å²) >= 11 is 0. The Morgan fingerprint density at radius 3 is 2.92 bits per heavy atom. The maximum Gasteiger partial charge on any atom is 0.119 e. The van der Waals surface area contributed by atoms with Crippen molar-refractivity contribution in [1.82, 2.24) is 0 Å². The van der Waals surface area contributed by atoms with Crippen LogP contribution in [0.2, 0.25) is 0 Å². The van der Waals surface area contributed by atoms with Gasteiger partial charge in [0.25, 0.3) is 0 Å². The first-order chi connectivity index (χ1) is 6.22. The number of hydrogen-bond acceptors (Lipinski definition) is 3. The lowest BCUT2D eigenvalue weighted by Gasteiger charge is -2.09. The van der Waals surface area contributed by atoms with Crippen LogP contribution in [-0.4, -0.2) is 17.8 Å². The van der Waals surface area contributed by atoms with Gasteiger partial charge in [0, 0.05) is 6.04 Å². The highest BCUT2D eigenvalue weighted by Crippen LogP contribution is 2.13. The molecule has 1 aromatic rings. The number of hydrogen-bond donors (Lipinski definition) is 2. The van der Waals surface area contributed by atoms with Gasteiger partial charge in [-0.25, -0.2) is 0 Å². The molecule has 0 aromatic heterocycles. The van der Waals surface area contributed by atoms with E-state index in [0.717, 1.165) is 11.3 Å². The van der Waals surface area contributed by atoms with Crippen molar-refractivity contribution in [2.45, 2.75) is 19.6 Å². The molecule has 0 saturated carbocycles. The maximum atomic E-state index is 8.86. The summed E-state index contributed by atoms with van der Waals surface area (Å²) in [5.41, 5.74) is 6.39. The van der Waals surface area contributed by atoms with E-state index in [4.69, 9.17) is 15.6 Å². The van der Waals surface area contributed by atoms with Gasteiger partial charge in [0.05, 0.1) is 6.61 Å². The van der Waals surface area contributed by atoms with Crippen molar-refractivity contribution < 1.29 is 9.84 Å². The van der Waals surface area contributed by atoms with Crippen molar-refractivity contribution in [1.29, 1.82) is 0 Å². The average molecular weight is 181 g/mol. The topological polar surface area (TPSA) is 55.5 Å². The lowest BCUT2D eigenvalue weighted by molar-refractivity contribution is 0.277. The zero-order valence-corrected chi connectivity index (χ0v) is 7.73. The Labute approximate surface area is 78.1 Å². The third-order valence-corrected chi connectivity index (χ3v) is 1.59. The van der Waals surface area contributed by atoms with Gasteiger partial charge in [-0.05, 0) is 24.6 Å². The van der Waals surface area contributed by atoms with Crippen LogP contribution < -0.4 is 10.5 Å². The summed E-state index contributed by atoms with van der Waals surface area (Å²) in [5.74, 6) is 0.754. The van der Waals surface area contributed by atoms with Crippen LogP contribution in [0.1, 0.15) is 12.5 Å². The minimum atomic E-state index is 0.0257. The Balaban J connectivity index is 2.56. The van der Waals surface area contributed by atoms with Crippen molar-refractivity contribution in [3.8, 4) is 5.75 Å². The van der Waals surface area contributed by atoms with Gasteiger partial charge in [0.15, 0.2) is 0 Å². The summed E-state index contributed by atoms with van der Waals surface area (Å²) in [7, 11) is 0. The number of aliphatic hydroxyl groups is 1. The van der Waals surface area contributed by atoms with Gasteiger partial charge in [-0.1, -0.05) is 12.1 Å². The van der Waals surface area contributed by atoms with E-state index in [9.17, 15) is 0 Å². The first-order valence-corrected chi connectivity index (χ1v) is 4.30. The zero-order chi connectivity index (χ0) is 9.68. The first-order valence-electron chi connectivity index (χ1n) is 4.30. The third kappa shape index (κ3) is 3.44. The number of aliphatic hydroxyl groups excluding tert-OH is 1. The number of nitrogens with two attached hydrogens (primary N) is 1. The summed E-state index contributed by atoms with van der Waals surface area (Å²) in [6.45, 7) is 2.42. The molecular weight excluding hydrogens is 166 g/mol. The molecule has 13 heavy (non-hydrogen) atoms. The molecule has 1 atom stereocenters. The summed E-state index contributed by atoms with van der Waals surface area (Å²) < 4.78 is 5.37. The van der Waals surface area contributed by atoms with E-state index in [0.29, 0.717) is 6.61 Å². The van der Waals surface area contributed by atoms with Crippen molar-refractivity contribution >= 4 is 0 Å². The molecule has 0 radical (unpaired) electrons. The van der Waals surface area contributed by atoms with Gasteiger partial charge in [-0.15, -0.1) is 0 Å². The second kappa shape index (κ2) is 4.84. The summed E-state index contributed by atoms with van der Waals surface area (Å²) in [6.07, 6.45) is 0. The minimum absolute atomic E-state index is 0.0257. The highest BCUT2D eigenvalue weighted by Gasteiger charge is 1.97. The van der Waals surface area contributed by atoms with Gasteiger partial charge in [0.2, 0.25) is 0 Å². The molecule has 0 aliphatic heterocycles. The second-order valence-electron chi connectivity index (χ2n) is 3.09. The Morgan fingerprint density at radius 2 is 2.31 bits per heavy atom. The molecule has 72 valence electrons. The van der Waals surface area contributed by atoms with Crippen LogP contribution in [-0.2, 0) is 6.61 Å². The van der Waals surface area contributed by atoms with Gasteiger partial charge in [0.1, 0.15) is 12.4 Å². The van der Waals surface area contributed by atoms with E-state index in [1.54, 1.807) is 0 Å². The molecule has 0 spiro atoms. The van der Waals surface area contributed by atoms with Crippen LogP contribution >= 0.6 is 0 Å². The average Bonchev–Trinajstić information content (AvgIpc) is 2.15. The lowest BCUT2D eigenvalue weighted by Crippen LogP contribution is -2.23. The van der Waals surface area contributed by atoms with Crippen LogP contribution in [0, 0.1) is 0 Å². The maximum absolute atomic E-state index is 8.86. The Hall–Kier alpha value is -1.06. The van der Waals surface area contributed by atoms with Crippen LogP contribution in [0.15, 0.2) is 24.3 Å². The first kappa shape index (κ1) is 10.0. The second-order valence-corrected chi connectivity index (χ2v) is 3.09. The van der Waals surface area contributed by atoms with Gasteiger partial charge in [-0.3, -0.25) is 0 Å². The quantitative estimate of drug-likeness (QED) is 0.725. The van der Waals surface area contributed by atoms with Gasteiger partial charge >= 0.3 is 0 Å². The molecule has 3 nitrogen and oxygen atoms in total. The van der Waals surface area contributed by atoms with Crippen molar-refractivity contribution in [2.24, 2.45) is 5.73 Å². The predicted octanol–water partition coefficient (Wildman–Crippen LogP) is 0.905. The van der Waals surface area contributed by atoms with Crippen LogP contribution in [0.3, 0.4) is 0 Å². The predicted molar refractivity (Wildman–Crippen MR) is 51.5 cm³/mol. The molecule has 0 amide bonds. The summed E-state index contributed by atoms with van der Waals surface area (Å²) in [6, 6.07) is 7.38. The molecule has 0 fully saturated rings. The van der Waals surface area contributed by atoms with E-state index < -0.39 is 0 Å². The molecule has 0 heterocycles. The number of benzene rings is 1. The van der Waals surface area contributed by atoms with Crippen LogP contribution in [0.25, 0.3) is 0 Å². The van der Waals surface area contributed by atoms with E-state index >= 15 is 0 Å². The highest BCUT2D eigenvalue weighted by atomic mass is 16.5. The minimum Gasteiger partial charge on any atom is -0.492 e.